The lowest BCUT2D eigenvalue weighted by molar-refractivity contribution is -0.120. The van der Waals surface area contributed by atoms with Crippen LogP contribution in [0.25, 0.3) is 0 Å². The maximum absolute atomic E-state index is 11.6. The van der Waals surface area contributed by atoms with Gasteiger partial charge in [-0.1, -0.05) is 18.2 Å². The molecule has 3 aliphatic rings. The molecule has 6 heteroatoms. The molecule has 2 fully saturated rings. The lowest BCUT2D eigenvalue weighted by atomic mass is 10.0. The lowest BCUT2D eigenvalue weighted by Gasteiger charge is -2.29. The van der Waals surface area contributed by atoms with Crippen LogP contribution in [0.3, 0.4) is 0 Å². The van der Waals surface area contributed by atoms with E-state index in [1.165, 1.54) is 24.0 Å². The molecule has 0 aromatic heterocycles. The highest BCUT2D eigenvalue weighted by Gasteiger charge is 2.27. The maximum atomic E-state index is 11.6. The van der Waals surface area contributed by atoms with E-state index in [0.29, 0.717) is 32.3 Å². The van der Waals surface area contributed by atoms with E-state index in [4.69, 9.17) is 9.47 Å². The van der Waals surface area contributed by atoms with E-state index < -0.39 is 0 Å². The van der Waals surface area contributed by atoms with Crippen LogP contribution in [0.2, 0.25) is 0 Å². The zero-order valence-corrected chi connectivity index (χ0v) is 16.6. The number of amides is 1. The number of rotatable bonds is 4. The van der Waals surface area contributed by atoms with Gasteiger partial charge in [0, 0.05) is 31.4 Å². The molecule has 29 heavy (non-hydrogen) atoms. The fourth-order valence-corrected chi connectivity index (χ4v) is 4.57. The highest BCUT2D eigenvalue weighted by Crippen LogP contribution is 2.38. The number of fused-ring (bicyclic) bond motifs is 1. The van der Waals surface area contributed by atoms with E-state index >= 15 is 0 Å². The molecule has 2 aromatic carbocycles. The molecule has 1 N–H and O–H groups in total. The molecule has 0 aliphatic carbocycles. The second kappa shape index (κ2) is 7.95. The summed E-state index contributed by atoms with van der Waals surface area (Å²) in [6, 6.07) is 15.5. The van der Waals surface area contributed by atoms with E-state index in [1.807, 2.05) is 6.07 Å². The fraction of sp³-hybridized carbons (Fsp3) is 0.435. The Bertz CT molecular complexity index is 883. The van der Waals surface area contributed by atoms with Gasteiger partial charge in [0.15, 0.2) is 11.5 Å². The Morgan fingerprint density at radius 2 is 1.83 bits per heavy atom. The molecule has 6 nitrogen and oxygen atoms in total. The molecule has 0 unspecified atom stereocenters. The highest BCUT2D eigenvalue weighted by atomic mass is 16.6. The number of anilines is 1. The van der Waals surface area contributed by atoms with Crippen LogP contribution in [-0.4, -0.2) is 50.2 Å². The number of benzene rings is 2. The van der Waals surface area contributed by atoms with E-state index in [9.17, 15) is 4.79 Å². The van der Waals surface area contributed by atoms with Crippen molar-refractivity contribution in [2.75, 3.05) is 44.3 Å². The quantitative estimate of drug-likeness (QED) is 0.866. The molecular formula is C23H27N3O3. The third kappa shape index (κ3) is 3.90. The number of hydrogen-bond donors (Lipinski definition) is 1. The molecule has 3 heterocycles. The average Bonchev–Trinajstić information content (AvgIpc) is 3.22. The standard InChI is InChI=1S/C23H27N3O3/c27-23-16-25(11-9-24-23)19-6-3-17(4-7-19)15-26-10-1-2-20(26)18-5-8-21-22(14-18)29-13-12-28-21/h3-8,14,20H,1-2,9-13,15-16H2,(H,24,27)/t20-/m1/s1. The Morgan fingerprint density at radius 1 is 1.00 bits per heavy atom. The largest absolute Gasteiger partial charge is 0.486 e. The van der Waals surface area contributed by atoms with Crippen LogP contribution in [0.4, 0.5) is 5.69 Å². The van der Waals surface area contributed by atoms with Crippen LogP contribution in [0.5, 0.6) is 11.5 Å². The van der Waals surface area contributed by atoms with Crippen molar-refractivity contribution in [1.82, 2.24) is 10.2 Å². The number of nitrogens with one attached hydrogen (secondary N) is 1. The lowest BCUT2D eigenvalue weighted by Crippen LogP contribution is -2.47. The van der Waals surface area contributed by atoms with Crippen molar-refractivity contribution in [2.24, 2.45) is 0 Å². The number of nitrogens with zero attached hydrogens (tertiary/aromatic N) is 2. The van der Waals surface area contributed by atoms with E-state index in [-0.39, 0.29) is 5.91 Å². The van der Waals surface area contributed by atoms with Gasteiger partial charge in [0.25, 0.3) is 0 Å². The smallest absolute Gasteiger partial charge is 0.239 e. The van der Waals surface area contributed by atoms with Crippen LogP contribution in [0.1, 0.15) is 30.0 Å². The first-order chi connectivity index (χ1) is 14.3. The molecule has 0 saturated carbocycles. The molecule has 5 rings (SSSR count). The van der Waals surface area contributed by atoms with Crippen molar-refractivity contribution in [3.05, 3.63) is 53.6 Å². The number of piperazine rings is 1. The van der Waals surface area contributed by atoms with Gasteiger partial charge in [0.2, 0.25) is 5.91 Å². The van der Waals surface area contributed by atoms with E-state index in [2.05, 4.69) is 51.5 Å². The molecule has 1 atom stereocenters. The summed E-state index contributed by atoms with van der Waals surface area (Å²) in [5, 5.41) is 2.88. The average molecular weight is 393 g/mol. The summed E-state index contributed by atoms with van der Waals surface area (Å²) >= 11 is 0. The van der Waals surface area contributed by atoms with Crippen LogP contribution in [0.15, 0.2) is 42.5 Å². The second-order valence-electron chi connectivity index (χ2n) is 7.97. The van der Waals surface area contributed by atoms with E-state index in [0.717, 1.165) is 36.8 Å². The zero-order valence-electron chi connectivity index (χ0n) is 16.6. The Labute approximate surface area is 171 Å². The molecule has 0 radical (unpaired) electrons. The first kappa shape index (κ1) is 18.3. The van der Waals surface area contributed by atoms with Gasteiger partial charge in [-0.15, -0.1) is 0 Å². The van der Waals surface area contributed by atoms with Crippen molar-refractivity contribution in [3.63, 3.8) is 0 Å². The van der Waals surface area contributed by atoms with Crippen LogP contribution >= 0.6 is 0 Å². The second-order valence-corrected chi connectivity index (χ2v) is 7.97. The number of hydrogen-bond acceptors (Lipinski definition) is 5. The van der Waals surface area contributed by atoms with Gasteiger partial charge in [0.05, 0.1) is 6.54 Å². The minimum absolute atomic E-state index is 0.0969. The number of carbonyl (C=O) groups is 1. The summed E-state index contributed by atoms with van der Waals surface area (Å²) in [6.07, 6.45) is 2.38. The Morgan fingerprint density at radius 3 is 2.66 bits per heavy atom. The molecule has 3 aliphatic heterocycles. The normalized spacial score (nSPS) is 21.9. The number of likely N-dealkylation sites (tertiary alicyclic amines) is 1. The molecular weight excluding hydrogens is 366 g/mol. The summed E-state index contributed by atoms with van der Waals surface area (Å²) in [6.45, 7) is 5.30. The van der Waals surface area contributed by atoms with Gasteiger partial charge in [-0.3, -0.25) is 9.69 Å². The van der Waals surface area contributed by atoms with Gasteiger partial charge >= 0.3 is 0 Å². The fourth-order valence-electron chi connectivity index (χ4n) is 4.57. The van der Waals surface area contributed by atoms with Crippen molar-refractivity contribution >= 4 is 11.6 Å². The number of carbonyl (C=O) groups excluding carboxylic acids is 1. The minimum Gasteiger partial charge on any atom is -0.486 e. The molecule has 0 bridgehead atoms. The van der Waals surface area contributed by atoms with Crippen molar-refractivity contribution in [2.45, 2.75) is 25.4 Å². The number of ether oxygens (including phenoxy) is 2. The SMILES string of the molecule is O=C1CN(c2ccc(CN3CCC[C@@H]3c3ccc4c(c3)OCCO4)cc2)CCN1. The van der Waals surface area contributed by atoms with Gasteiger partial charge in [0.1, 0.15) is 13.2 Å². The minimum atomic E-state index is 0.0969. The third-order valence-electron chi connectivity index (χ3n) is 6.04. The molecule has 0 spiro atoms. The van der Waals surface area contributed by atoms with Gasteiger partial charge in [-0.2, -0.15) is 0 Å². The summed E-state index contributed by atoms with van der Waals surface area (Å²) in [5.74, 6) is 1.82. The van der Waals surface area contributed by atoms with Gasteiger partial charge in [-0.25, -0.2) is 0 Å². The van der Waals surface area contributed by atoms with Gasteiger partial charge < -0.3 is 19.7 Å². The van der Waals surface area contributed by atoms with Crippen LogP contribution in [-0.2, 0) is 11.3 Å². The molecule has 152 valence electrons. The van der Waals surface area contributed by atoms with Crippen molar-refractivity contribution in [3.8, 4) is 11.5 Å². The summed E-state index contributed by atoms with van der Waals surface area (Å²) in [4.78, 5) is 16.3. The third-order valence-corrected chi connectivity index (χ3v) is 6.04. The summed E-state index contributed by atoms with van der Waals surface area (Å²) < 4.78 is 11.4. The monoisotopic (exact) mass is 393 g/mol. The topological polar surface area (TPSA) is 54.0 Å². The Kier molecular flexibility index (Phi) is 5.02. The predicted octanol–water partition coefficient (Wildman–Crippen LogP) is 2.73. The Balaban J connectivity index is 1.28. The van der Waals surface area contributed by atoms with Crippen LogP contribution in [0, 0.1) is 0 Å². The van der Waals surface area contributed by atoms with E-state index in [1.54, 1.807) is 0 Å². The van der Waals surface area contributed by atoms with Crippen molar-refractivity contribution in [1.29, 1.82) is 0 Å². The summed E-state index contributed by atoms with van der Waals surface area (Å²) in [5.41, 5.74) is 3.73. The molecule has 2 saturated heterocycles. The summed E-state index contributed by atoms with van der Waals surface area (Å²) in [7, 11) is 0. The van der Waals surface area contributed by atoms with Crippen molar-refractivity contribution < 1.29 is 14.3 Å². The molecule has 2 aromatic rings. The first-order valence-corrected chi connectivity index (χ1v) is 10.5. The highest BCUT2D eigenvalue weighted by molar-refractivity contribution is 5.82. The maximum Gasteiger partial charge on any atom is 0.239 e. The first-order valence-electron chi connectivity index (χ1n) is 10.5. The predicted molar refractivity (Wildman–Crippen MR) is 111 cm³/mol. The molecule has 1 amide bonds. The zero-order chi connectivity index (χ0) is 19.6. The van der Waals surface area contributed by atoms with Gasteiger partial charge in [-0.05, 0) is 54.8 Å². The Hall–Kier alpha value is -2.73. The van der Waals surface area contributed by atoms with Crippen LogP contribution < -0.4 is 19.7 Å².